The molecule has 0 aliphatic carbocycles. The summed E-state index contributed by atoms with van der Waals surface area (Å²) in [4.78, 5) is 16.1. The third-order valence-electron chi connectivity index (χ3n) is 2.91. The van der Waals surface area contributed by atoms with Gasteiger partial charge >= 0.3 is 0 Å². The molecule has 0 saturated carbocycles. The molecule has 1 aromatic carbocycles. The highest BCUT2D eigenvalue weighted by Crippen LogP contribution is 2.21. The molecule has 2 rings (SSSR count). The Hall–Kier alpha value is -2.50. The third kappa shape index (κ3) is 3.34. The van der Waals surface area contributed by atoms with E-state index in [-0.39, 0.29) is 11.3 Å². The molecule has 2 aromatic rings. The van der Waals surface area contributed by atoms with E-state index in [2.05, 4.69) is 15.6 Å². The largest absolute Gasteiger partial charge is 0.381 e. The maximum absolute atomic E-state index is 13.8. The van der Waals surface area contributed by atoms with E-state index in [1.54, 1.807) is 32.2 Å². The van der Waals surface area contributed by atoms with Crippen LogP contribution in [0, 0.1) is 18.6 Å². The second kappa shape index (κ2) is 6.30. The Kier molecular flexibility index (Phi) is 4.47. The quantitative estimate of drug-likeness (QED) is 0.908. The van der Waals surface area contributed by atoms with E-state index in [0.717, 1.165) is 12.1 Å². The van der Waals surface area contributed by atoms with Crippen LogP contribution < -0.4 is 10.6 Å². The van der Waals surface area contributed by atoms with Gasteiger partial charge in [0.1, 0.15) is 17.3 Å². The molecule has 0 atom stereocenters. The fourth-order valence-electron chi connectivity index (χ4n) is 1.86. The maximum atomic E-state index is 13.8. The van der Waals surface area contributed by atoms with Crippen molar-refractivity contribution in [2.75, 3.05) is 17.2 Å². The summed E-state index contributed by atoms with van der Waals surface area (Å²) in [6.07, 6.45) is 1.59. The normalized spacial score (nSPS) is 10.3. The van der Waals surface area contributed by atoms with E-state index < -0.39 is 17.5 Å². The van der Waals surface area contributed by atoms with E-state index in [4.69, 9.17) is 0 Å². The molecule has 0 aliphatic rings. The number of nitrogens with zero attached hydrogens (tertiary/aromatic N) is 1. The number of carbonyl (C=O) groups excluding carboxylic acids is 1. The zero-order valence-electron chi connectivity index (χ0n) is 11.7. The molecule has 4 nitrogen and oxygen atoms in total. The second-order valence-electron chi connectivity index (χ2n) is 4.44. The van der Waals surface area contributed by atoms with Gasteiger partial charge in [-0.05, 0) is 38.1 Å². The van der Waals surface area contributed by atoms with Crippen molar-refractivity contribution in [2.45, 2.75) is 13.8 Å². The standard InChI is InChI=1S/C15H15F2N3O/c1-3-18-14-11(16)7-10(8-12(14)17)15(21)20-13-5-4-6-19-9(13)2/h4-8,18H,3H2,1-2H3,(H,20,21). The molecule has 0 radical (unpaired) electrons. The molecule has 0 unspecified atom stereocenters. The van der Waals surface area contributed by atoms with Gasteiger partial charge in [0.25, 0.3) is 5.91 Å². The summed E-state index contributed by atoms with van der Waals surface area (Å²) in [7, 11) is 0. The first-order valence-electron chi connectivity index (χ1n) is 6.48. The monoisotopic (exact) mass is 291 g/mol. The summed E-state index contributed by atoms with van der Waals surface area (Å²) >= 11 is 0. The Balaban J connectivity index is 2.26. The summed E-state index contributed by atoms with van der Waals surface area (Å²) < 4.78 is 27.6. The highest BCUT2D eigenvalue weighted by molar-refractivity contribution is 6.04. The van der Waals surface area contributed by atoms with Crippen molar-refractivity contribution in [3.8, 4) is 0 Å². The van der Waals surface area contributed by atoms with Gasteiger partial charge in [0.15, 0.2) is 0 Å². The fourth-order valence-corrected chi connectivity index (χ4v) is 1.86. The molecule has 110 valence electrons. The second-order valence-corrected chi connectivity index (χ2v) is 4.44. The molecule has 0 spiro atoms. The van der Waals surface area contributed by atoms with Crippen molar-refractivity contribution in [3.63, 3.8) is 0 Å². The predicted octanol–water partition coefficient (Wildman–Crippen LogP) is 3.35. The zero-order valence-corrected chi connectivity index (χ0v) is 11.7. The van der Waals surface area contributed by atoms with E-state index >= 15 is 0 Å². The lowest BCUT2D eigenvalue weighted by atomic mass is 10.1. The molecule has 1 amide bonds. The number of nitrogens with one attached hydrogen (secondary N) is 2. The first kappa shape index (κ1) is 14.9. The van der Waals surface area contributed by atoms with Crippen molar-refractivity contribution in [1.29, 1.82) is 0 Å². The predicted molar refractivity (Wildman–Crippen MR) is 77.4 cm³/mol. The van der Waals surface area contributed by atoms with Crippen LogP contribution >= 0.6 is 0 Å². The Morgan fingerprint density at radius 3 is 2.52 bits per heavy atom. The van der Waals surface area contributed by atoms with Crippen LogP contribution in [0.5, 0.6) is 0 Å². The van der Waals surface area contributed by atoms with Crippen molar-refractivity contribution < 1.29 is 13.6 Å². The first-order valence-corrected chi connectivity index (χ1v) is 6.48. The molecule has 0 fully saturated rings. The van der Waals surface area contributed by atoms with Crippen molar-refractivity contribution in [3.05, 3.63) is 53.4 Å². The van der Waals surface area contributed by atoms with E-state index in [0.29, 0.717) is 17.9 Å². The number of hydrogen-bond acceptors (Lipinski definition) is 3. The lowest BCUT2D eigenvalue weighted by molar-refractivity contribution is 0.102. The summed E-state index contributed by atoms with van der Waals surface area (Å²) in [5, 5.41) is 5.15. The Bertz CT molecular complexity index is 651. The number of aromatic nitrogens is 1. The number of aryl methyl sites for hydroxylation is 1. The number of halogens is 2. The van der Waals surface area contributed by atoms with Crippen LogP contribution in [0.1, 0.15) is 23.0 Å². The molecule has 1 aromatic heterocycles. The molecule has 1 heterocycles. The topological polar surface area (TPSA) is 54.0 Å². The van der Waals surface area contributed by atoms with Gasteiger partial charge in [0.2, 0.25) is 0 Å². The van der Waals surface area contributed by atoms with Gasteiger partial charge in [-0.2, -0.15) is 0 Å². The minimum atomic E-state index is -0.801. The van der Waals surface area contributed by atoms with Gasteiger partial charge in [-0.1, -0.05) is 0 Å². The number of hydrogen-bond donors (Lipinski definition) is 2. The third-order valence-corrected chi connectivity index (χ3v) is 2.91. The highest BCUT2D eigenvalue weighted by atomic mass is 19.1. The van der Waals surface area contributed by atoms with Gasteiger partial charge in [-0.15, -0.1) is 0 Å². The van der Waals surface area contributed by atoms with E-state index in [1.807, 2.05) is 0 Å². The van der Waals surface area contributed by atoms with Crippen LogP contribution in [0.25, 0.3) is 0 Å². The van der Waals surface area contributed by atoms with Crippen molar-refractivity contribution in [2.24, 2.45) is 0 Å². The van der Waals surface area contributed by atoms with Crippen LogP contribution in [0.4, 0.5) is 20.2 Å². The van der Waals surface area contributed by atoms with E-state index in [9.17, 15) is 13.6 Å². The van der Waals surface area contributed by atoms with Crippen molar-refractivity contribution >= 4 is 17.3 Å². The summed E-state index contributed by atoms with van der Waals surface area (Å²) in [6, 6.07) is 5.34. The molecule has 6 heteroatoms. The number of rotatable bonds is 4. The lowest BCUT2D eigenvalue weighted by Gasteiger charge is -2.10. The van der Waals surface area contributed by atoms with Gasteiger partial charge in [-0.3, -0.25) is 9.78 Å². The van der Waals surface area contributed by atoms with Crippen LogP contribution in [0.3, 0.4) is 0 Å². The fraction of sp³-hybridized carbons (Fsp3) is 0.200. The zero-order chi connectivity index (χ0) is 15.4. The number of amides is 1. The average Bonchev–Trinajstić information content (AvgIpc) is 2.45. The van der Waals surface area contributed by atoms with Crippen LogP contribution in [-0.4, -0.2) is 17.4 Å². The number of carbonyl (C=O) groups is 1. The number of pyridine rings is 1. The molecular formula is C15H15F2N3O. The lowest BCUT2D eigenvalue weighted by Crippen LogP contribution is -2.14. The Morgan fingerprint density at radius 1 is 1.29 bits per heavy atom. The molecule has 0 aliphatic heterocycles. The van der Waals surface area contributed by atoms with Crippen LogP contribution in [0.2, 0.25) is 0 Å². The summed E-state index contributed by atoms with van der Waals surface area (Å²) in [5.74, 6) is -2.19. The number of anilines is 2. The Morgan fingerprint density at radius 2 is 1.95 bits per heavy atom. The molecular weight excluding hydrogens is 276 g/mol. The number of benzene rings is 1. The Labute approximate surface area is 121 Å². The summed E-state index contributed by atoms with van der Waals surface area (Å²) in [6.45, 7) is 3.84. The van der Waals surface area contributed by atoms with E-state index in [1.165, 1.54) is 0 Å². The SMILES string of the molecule is CCNc1c(F)cc(C(=O)Nc2cccnc2C)cc1F. The van der Waals surface area contributed by atoms with Crippen LogP contribution in [-0.2, 0) is 0 Å². The smallest absolute Gasteiger partial charge is 0.255 e. The maximum Gasteiger partial charge on any atom is 0.255 e. The first-order chi connectivity index (χ1) is 10.0. The molecule has 0 saturated heterocycles. The average molecular weight is 291 g/mol. The molecule has 0 bridgehead atoms. The van der Waals surface area contributed by atoms with Gasteiger partial charge in [0.05, 0.1) is 11.4 Å². The van der Waals surface area contributed by atoms with Gasteiger partial charge in [0, 0.05) is 18.3 Å². The van der Waals surface area contributed by atoms with Crippen LogP contribution in [0.15, 0.2) is 30.5 Å². The molecule has 21 heavy (non-hydrogen) atoms. The minimum Gasteiger partial charge on any atom is -0.381 e. The summed E-state index contributed by atoms with van der Waals surface area (Å²) in [5.41, 5.74) is 0.802. The molecule has 2 N–H and O–H groups in total. The minimum absolute atomic E-state index is 0.0880. The highest BCUT2D eigenvalue weighted by Gasteiger charge is 2.15. The van der Waals surface area contributed by atoms with Crippen molar-refractivity contribution in [1.82, 2.24) is 4.98 Å². The van der Waals surface area contributed by atoms with Gasteiger partial charge in [-0.25, -0.2) is 8.78 Å². The van der Waals surface area contributed by atoms with Gasteiger partial charge < -0.3 is 10.6 Å².